The maximum atomic E-state index is 5.93. The fraction of sp³-hybridized carbons (Fsp3) is 0.182. The highest BCUT2D eigenvalue weighted by Crippen LogP contribution is 2.23. The number of nitrogens with zero attached hydrogens (tertiary/aromatic N) is 3. The molecule has 6 heteroatoms. The van der Waals surface area contributed by atoms with Crippen LogP contribution in [0.1, 0.15) is 16.1 Å². The summed E-state index contributed by atoms with van der Waals surface area (Å²) in [6.07, 6.45) is 0. The molecule has 17 heavy (non-hydrogen) atoms. The fourth-order valence-electron chi connectivity index (χ4n) is 1.39. The molecular formula is C11H11ClN4S. The molecule has 0 fully saturated rings. The summed E-state index contributed by atoms with van der Waals surface area (Å²) in [6, 6.07) is 5.48. The van der Waals surface area contributed by atoms with Crippen molar-refractivity contribution in [2.45, 2.75) is 13.8 Å². The van der Waals surface area contributed by atoms with Crippen LogP contribution >= 0.6 is 23.1 Å². The summed E-state index contributed by atoms with van der Waals surface area (Å²) in [5.41, 5.74) is 8.51. The van der Waals surface area contributed by atoms with Crippen molar-refractivity contribution in [3.05, 3.63) is 39.4 Å². The van der Waals surface area contributed by atoms with Gasteiger partial charge in [-0.25, -0.2) is 4.99 Å². The monoisotopic (exact) mass is 266 g/mol. The van der Waals surface area contributed by atoms with Crippen LogP contribution in [0.4, 0.5) is 5.69 Å². The van der Waals surface area contributed by atoms with Gasteiger partial charge < -0.3 is 5.73 Å². The van der Waals surface area contributed by atoms with Crippen molar-refractivity contribution >= 4 is 34.7 Å². The lowest BCUT2D eigenvalue weighted by molar-refractivity contribution is 1.09. The van der Waals surface area contributed by atoms with E-state index in [4.69, 9.17) is 17.3 Å². The van der Waals surface area contributed by atoms with Crippen LogP contribution in [0.2, 0.25) is 5.02 Å². The van der Waals surface area contributed by atoms with Gasteiger partial charge in [0.1, 0.15) is 10.7 Å². The summed E-state index contributed by atoms with van der Waals surface area (Å²) >= 11 is 7.12. The first-order valence-corrected chi connectivity index (χ1v) is 6.12. The lowest BCUT2D eigenvalue weighted by Gasteiger charge is -2.02. The van der Waals surface area contributed by atoms with Gasteiger partial charge in [-0.05, 0) is 49.1 Å². The van der Waals surface area contributed by atoms with Crippen molar-refractivity contribution in [3.63, 3.8) is 0 Å². The molecule has 0 aliphatic carbocycles. The van der Waals surface area contributed by atoms with Gasteiger partial charge in [0, 0.05) is 5.02 Å². The van der Waals surface area contributed by atoms with Crippen molar-refractivity contribution in [1.82, 2.24) is 9.59 Å². The van der Waals surface area contributed by atoms with Crippen LogP contribution in [-0.2, 0) is 0 Å². The van der Waals surface area contributed by atoms with E-state index >= 15 is 0 Å². The van der Waals surface area contributed by atoms with Crippen LogP contribution < -0.4 is 5.73 Å². The summed E-state index contributed by atoms with van der Waals surface area (Å²) in [4.78, 5) is 5.17. The molecule has 0 spiro atoms. The zero-order chi connectivity index (χ0) is 12.4. The first kappa shape index (κ1) is 12.0. The molecule has 1 aromatic heterocycles. The molecule has 0 saturated heterocycles. The zero-order valence-electron chi connectivity index (χ0n) is 9.44. The van der Waals surface area contributed by atoms with Crippen LogP contribution in [0.25, 0.3) is 0 Å². The number of rotatable bonds is 2. The Labute approximate surface area is 108 Å². The third-order valence-electron chi connectivity index (χ3n) is 2.28. The molecule has 0 saturated carbocycles. The van der Waals surface area contributed by atoms with Crippen LogP contribution in [0.5, 0.6) is 0 Å². The van der Waals surface area contributed by atoms with Gasteiger partial charge in [0.2, 0.25) is 0 Å². The molecular weight excluding hydrogens is 256 g/mol. The molecule has 2 rings (SSSR count). The van der Waals surface area contributed by atoms with Crippen molar-refractivity contribution in [3.8, 4) is 0 Å². The minimum Gasteiger partial charge on any atom is -0.382 e. The fourth-order valence-corrected chi connectivity index (χ4v) is 2.17. The molecule has 0 bridgehead atoms. The topological polar surface area (TPSA) is 64.2 Å². The Kier molecular flexibility index (Phi) is 3.40. The highest BCUT2D eigenvalue weighted by atomic mass is 35.5. The van der Waals surface area contributed by atoms with E-state index < -0.39 is 0 Å². The number of aromatic nitrogens is 2. The van der Waals surface area contributed by atoms with E-state index in [1.54, 1.807) is 6.07 Å². The van der Waals surface area contributed by atoms with E-state index in [0.29, 0.717) is 10.9 Å². The maximum absolute atomic E-state index is 5.93. The Bertz CT molecular complexity index is 577. The highest BCUT2D eigenvalue weighted by molar-refractivity contribution is 7.08. The Hall–Kier alpha value is -1.46. The maximum Gasteiger partial charge on any atom is 0.145 e. The molecule has 0 unspecified atom stereocenters. The second-order valence-electron chi connectivity index (χ2n) is 3.62. The lowest BCUT2D eigenvalue weighted by Crippen LogP contribution is -2.12. The average molecular weight is 267 g/mol. The predicted octanol–water partition coefficient (Wildman–Crippen LogP) is 2.85. The number of benzene rings is 1. The minimum atomic E-state index is 0.433. The minimum absolute atomic E-state index is 0.433. The molecule has 0 radical (unpaired) electrons. The summed E-state index contributed by atoms with van der Waals surface area (Å²) in [7, 11) is 0. The van der Waals surface area contributed by atoms with Crippen LogP contribution in [0.3, 0.4) is 0 Å². The number of nitrogens with two attached hydrogens (primary N) is 1. The number of hydrogen-bond donors (Lipinski definition) is 1. The van der Waals surface area contributed by atoms with Crippen LogP contribution in [0, 0.1) is 13.8 Å². The third kappa shape index (κ3) is 2.62. The largest absolute Gasteiger partial charge is 0.382 e. The zero-order valence-corrected chi connectivity index (χ0v) is 11.0. The summed E-state index contributed by atoms with van der Waals surface area (Å²) in [5, 5.41) is 4.59. The number of hydrogen-bond acceptors (Lipinski definition) is 4. The molecule has 0 amide bonds. The van der Waals surface area contributed by atoms with Crippen LogP contribution in [-0.4, -0.2) is 15.4 Å². The summed E-state index contributed by atoms with van der Waals surface area (Å²) in [6.45, 7) is 3.80. The van der Waals surface area contributed by atoms with Gasteiger partial charge in [0.05, 0.1) is 11.4 Å². The molecule has 88 valence electrons. The molecule has 0 atom stereocenters. The van der Waals surface area contributed by atoms with Gasteiger partial charge in [0.15, 0.2) is 0 Å². The normalized spacial score (nSPS) is 11.8. The Morgan fingerprint density at radius 2 is 2.18 bits per heavy atom. The molecule has 1 aromatic carbocycles. The van der Waals surface area contributed by atoms with Crippen molar-refractivity contribution in [2.24, 2.45) is 10.7 Å². The highest BCUT2D eigenvalue weighted by Gasteiger charge is 2.08. The van der Waals surface area contributed by atoms with Gasteiger partial charge in [-0.2, -0.15) is 0 Å². The molecule has 4 nitrogen and oxygen atoms in total. The molecule has 0 aliphatic rings. The second-order valence-corrected chi connectivity index (χ2v) is 4.81. The van der Waals surface area contributed by atoms with Crippen molar-refractivity contribution < 1.29 is 0 Å². The molecule has 1 heterocycles. The van der Waals surface area contributed by atoms with Gasteiger partial charge in [0.25, 0.3) is 0 Å². The quantitative estimate of drug-likeness (QED) is 0.671. The van der Waals surface area contributed by atoms with Gasteiger partial charge in [-0.15, -0.1) is 5.10 Å². The molecule has 2 aromatic rings. The Morgan fingerprint density at radius 3 is 2.76 bits per heavy atom. The van der Waals surface area contributed by atoms with E-state index in [0.717, 1.165) is 21.8 Å². The predicted molar refractivity (Wildman–Crippen MR) is 71.2 cm³/mol. The van der Waals surface area contributed by atoms with E-state index in [9.17, 15) is 0 Å². The molecule has 0 aliphatic heterocycles. The van der Waals surface area contributed by atoms with E-state index in [2.05, 4.69) is 14.6 Å². The second kappa shape index (κ2) is 4.81. The summed E-state index contributed by atoms with van der Waals surface area (Å²) < 4.78 is 3.83. The average Bonchev–Trinajstić information content (AvgIpc) is 2.68. The van der Waals surface area contributed by atoms with Crippen molar-refractivity contribution in [2.75, 3.05) is 0 Å². The first-order chi connectivity index (χ1) is 8.08. The first-order valence-electron chi connectivity index (χ1n) is 4.97. The number of aryl methyl sites for hydroxylation is 2. The van der Waals surface area contributed by atoms with Gasteiger partial charge in [-0.3, -0.25) is 0 Å². The lowest BCUT2D eigenvalue weighted by atomic mass is 10.2. The van der Waals surface area contributed by atoms with Crippen LogP contribution in [0.15, 0.2) is 23.2 Å². The number of aliphatic imine (C=N–C) groups is 1. The number of halogens is 1. The SMILES string of the molecule is Cc1cc(Cl)ccc1N=C(N)c1snnc1C. The Balaban J connectivity index is 2.39. The van der Waals surface area contributed by atoms with Crippen molar-refractivity contribution in [1.29, 1.82) is 0 Å². The smallest absolute Gasteiger partial charge is 0.145 e. The number of amidine groups is 1. The Morgan fingerprint density at radius 1 is 1.41 bits per heavy atom. The van der Waals surface area contributed by atoms with E-state index in [1.165, 1.54) is 11.5 Å². The third-order valence-corrected chi connectivity index (χ3v) is 3.37. The van der Waals surface area contributed by atoms with Gasteiger partial charge >= 0.3 is 0 Å². The van der Waals surface area contributed by atoms with Gasteiger partial charge in [-0.1, -0.05) is 16.1 Å². The standard InChI is InChI=1S/C11H11ClN4S/c1-6-5-8(12)3-4-9(6)14-11(13)10-7(2)15-16-17-10/h3-5H,1-2H3,(H2,13,14). The van der Waals surface area contributed by atoms with E-state index in [1.807, 2.05) is 26.0 Å². The summed E-state index contributed by atoms with van der Waals surface area (Å²) in [5.74, 6) is 0.433. The van der Waals surface area contributed by atoms with E-state index in [-0.39, 0.29) is 0 Å². The molecule has 2 N–H and O–H groups in total.